The quantitative estimate of drug-likeness (QED) is 0.162. The number of hydrogen-bond donors (Lipinski definition) is 1. The summed E-state index contributed by atoms with van der Waals surface area (Å²) in [4.78, 5) is 0. The second-order valence-corrected chi connectivity index (χ2v) is 11.8. The summed E-state index contributed by atoms with van der Waals surface area (Å²) in [5.41, 5.74) is 13.1. The van der Waals surface area contributed by atoms with Crippen molar-refractivity contribution in [3.8, 4) is 11.1 Å². The third-order valence-electron chi connectivity index (χ3n) is 8.31. The van der Waals surface area contributed by atoms with Crippen LogP contribution in [-0.4, -0.2) is 0 Å². The molecular formula is C39H26N2S. The maximum atomic E-state index is 7.75. The van der Waals surface area contributed by atoms with E-state index in [0.717, 1.165) is 5.56 Å². The summed E-state index contributed by atoms with van der Waals surface area (Å²) in [7, 11) is 0. The van der Waals surface area contributed by atoms with Crippen molar-refractivity contribution in [2.75, 3.05) is 0 Å². The molecule has 0 aliphatic carbocycles. The largest absolute Gasteiger partial charge is 0.204 e. The standard InChI is InChI=1S/C39H26N2S/c40-41-35(26-12-2-1-3-13-26)22-21-25-11-10-14-27(23-25)33-24-34-30-17-5-4-15-28(30)29-16-6-7-18-31(29)37(34)39-38(33)32-19-8-9-20-36(32)42-39/h1-20,22-24,40H,21H2/b35-22-,41-40?. The zero-order valence-electron chi connectivity index (χ0n) is 22.8. The van der Waals surface area contributed by atoms with Crippen molar-refractivity contribution in [3.05, 3.63) is 151 Å². The lowest BCUT2D eigenvalue weighted by Gasteiger charge is -2.15. The first-order chi connectivity index (χ1) is 20.8. The number of hydrogen-bond acceptors (Lipinski definition) is 3. The number of nitrogens with one attached hydrogen (secondary N) is 1. The van der Waals surface area contributed by atoms with Crippen LogP contribution in [0.25, 0.3) is 69.3 Å². The molecular weight excluding hydrogens is 529 g/mol. The molecule has 8 rings (SSSR count). The van der Waals surface area contributed by atoms with E-state index in [0.29, 0.717) is 12.1 Å². The van der Waals surface area contributed by atoms with E-state index in [1.807, 2.05) is 41.7 Å². The second kappa shape index (κ2) is 10.1. The van der Waals surface area contributed by atoms with E-state index >= 15 is 0 Å². The van der Waals surface area contributed by atoms with Crippen LogP contribution in [0.15, 0.2) is 145 Å². The van der Waals surface area contributed by atoms with Gasteiger partial charge in [0, 0.05) is 31.1 Å². The number of nitrogens with zero attached hydrogens (tertiary/aromatic N) is 1. The molecule has 0 fully saturated rings. The molecule has 1 heterocycles. The molecule has 7 aromatic carbocycles. The van der Waals surface area contributed by atoms with Gasteiger partial charge in [-0.3, -0.25) is 0 Å². The molecule has 0 unspecified atom stereocenters. The van der Waals surface area contributed by atoms with Gasteiger partial charge < -0.3 is 0 Å². The Morgan fingerprint density at radius 2 is 1.24 bits per heavy atom. The molecule has 1 aromatic heterocycles. The van der Waals surface area contributed by atoms with Gasteiger partial charge in [-0.05, 0) is 62.2 Å². The fraction of sp³-hybridized carbons (Fsp3) is 0.0256. The fourth-order valence-electron chi connectivity index (χ4n) is 6.41. The van der Waals surface area contributed by atoms with Gasteiger partial charge in [0.2, 0.25) is 0 Å². The molecule has 0 spiro atoms. The van der Waals surface area contributed by atoms with Crippen molar-refractivity contribution >= 4 is 69.5 Å². The molecule has 198 valence electrons. The van der Waals surface area contributed by atoms with Gasteiger partial charge in [-0.2, -0.15) is 5.11 Å². The van der Waals surface area contributed by atoms with E-state index in [1.165, 1.54) is 69.2 Å². The third kappa shape index (κ3) is 3.93. The van der Waals surface area contributed by atoms with Crippen LogP contribution in [0.5, 0.6) is 0 Å². The number of rotatable bonds is 5. The summed E-state index contributed by atoms with van der Waals surface area (Å²) in [6.45, 7) is 0. The van der Waals surface area contributed by atoms with E-state index in [-0.39, 0.29) is 0 Å². The highest BCUT2D eigenvalue weighted by molar-refractivity contribution is 7.27. The molecule has 0 atom stereocenters. The van der Waals surface area contributed by atoms with E-state index in [2.05, 4.69) is 114 Å². The molecule has 0 saturated carbocycles. The van der Waals surface area contributed by atoms with E-state index in [4.69, 9.17) is 5.53 Å². The van der Waals surface area contributed by atoms with Crippen LogP contribution in [0.1, 0.15) is 11.1 Å². The van der Waals surface area contributed by atoms with Crippen molar-refractivity contribution in [1.82, 2.24) is 0 Å². The SMILES string of the molecule is N=N/C(=C\Cc1cccc(-c2cc3c4ccccc4c4ccccc4c3c3sc4ccccc4c23)c1)c1ccccc1. The lowest BCUT2D eigenvalue weighted by molar-refractivity contribution is 1.14. The van der Waals surface area contributed by atoms with Crippen LogP contribution in [0.4, 0.5) is 0 Å². The maximum absolute atomic E-state index is 7.75. The summed E-state index contributed by atoms with van der Waals surface area (Å²) < 4.78 is 2.65. The molecule has 2 nitrogen and oxygen atoms in total. The Kier molecular flexibility index (Phi) is 5.90. The summed E-state index contributed by atoms with van der Waals surface area (Å²) in [6.07, 6.45) is 2.76. The first kappa shape index (κ1) is 24.7. The molecule has 0 aliphatic rings. The van der Waals surface area contributed by atoms with Gasteiger partial charge >= 0.3 is 0 Å². The van der Waals surface area contributed by atoms with Crippen LogP contribution in [0, 0.1) is 5.53 Å². The van der Waals surface area contributed by atoms with E-state index in [1.54, 1.807) is 0 Å². The lowest BCUT2D eigenvalue weighted by atomic mass is 9.89. The molecule has 8 aromatic rings. The summed E-state index contributed by atoms with van der Waals surface area (Å²) in [6, 6.07) is 47.7. The summed E-state index contributed by atoms with van der Waals surface area (Å²) in [5, 5.41) is 14.3. The highest BCUT2D eigenvalue weighted by Gasteiger charge is 2.18. The van der Waals surface area contributed by atoms with Crippen LogP contribution in [-0.2, 0) is 6.42 Å². The predicted octanol–water partition coefficient (Wildman–Crippen LogP) is 11.8. The van der Waals surface area contributed by atoms with Gasteiger partial charge in [0.25, 0.3) is 0 Å². The molecule has 0 bridgehead atoms. The highest BCUT2D eigenvalue weighted by Crippen LogP contribution is 2.48. The Morgan fingerprint density at radius 3 is 2.00 bits per heavy atom. The normalized spacial score (nSPS) is 12.1. The first-order valence-corrected chi connectivity index (χ1v) is 15.0. The van der Waals surface area contributed by atoms with Gasteiger partial charge in [-0.15, -0.1) is 11.3 Å². The van der Waals surface area contributed by atoms with Crippen molar-refractivity contribution in [2.24, 2.45) is 5.11 Å². The van der Waals surface area contributed by atoms with Crippen LogP contribution in [0.2, 0.25) is 0 Å². The highest BCUT2D eigenvalue weighted by atomic mass is 32.1. The van der Waals surface area contributed by atoms with Crippen molar-refractivity contribution in [2.45, 2.75) is 6.42 Å². The van der Waals surface area contributed by atoms with Crippen molar-refractivity contribution < 1.29 is 0 Å². The zero-order valence-corrected chi connectivity index (χ0v) is 23.7. The maximum Gasteiger partial charge on any atom is 0.0885 e. The second-order valence-electron chi connectivity index (χ2n) is 10.7. The summed E-state index contributed by atoms with van der Waals surface area (Å²) >= 11 is 1.90. The molecule has 0 radical (unpaired) electrons. The average molecular weight is 555 g/mol. The third-order valence-corrected chi connectivity index (χ3v) is 9.50. The molecule has 0 aliphatic heterocycles. The van der Waals surface area contributed by atoms with Gasteiger partial charge in [0.1, 0.15) is 0 Å². The van der Waals surface area contributed by atoms with Gasteiger partial charge in [0.05, 0.1) is 5.70 Å². The molecule has 3 heteroatoms. The van der Waals surface area contributed by atoms with Gasteiger partial charge in [-0.25, -0.2) is 5.53 Å². The Hall–Kier alpha value is -5.12. The minimum atomic E-state index is 0.691. The predicted molar refractivity (Wildman–Crippen MR) is 181 cm³/mol. The number of fused-ring (bicyclic) bond motifs is 10. The van der Waals surface area contributed by atoms with Crippen molar-refractivity contribution in [3.63, 3.8) is 0 Å². The average Bonchev–Trinajstić information content (AvgIpc) is 3.45. The smallest absolute Gasteiger partial charge is 0.0885 e. The Morgan fingerprint density at radius 1 is 0.595 bits per heavy atom. The summed E-state index contributed by atoms with van der Waals surface area (Å²) in [5.74, 6) is 0. The molecule has 42 heavy (non-hydrogen) atoms. The Balaban J connectivity index is 1.40. The number of thiophene rings is 1. The minimum Gasteiger partial charge on any atom is -0.204 e. The Bertz CT molecular complexity index is 2350. The molecule has 0 amide bonds. The van der Waals surface area contributed by atoms with Crippen LogP contribution in [0.3, 0.4) is 0 Å². The first-order valence-electron chi connectivity index (χ1n) is 14.2. The van der Waals surface area contributed by atoms with Crippen LogP contribution < -0.4 is 0 Å². The van der Waals surface area contributed by atoms with Gasteiger partial charge in [0.15, 0.2) is 0 Å². The Labute approximate surface area is 247 Å². The fourth-order valence-corrected chi connectivity index (χ4v) is 7.70. The zero-order chi connectivity index (χ0) is 28.0. The van der Waals surface area contributed by atoms with Crippen LogP contribution >= 0.6 is 11.3 Å². The number of allylic oxidation sites excluding steroid dienone is 1. The van der Waals surface area contributed by atoms with Gasteiger partial charge in [-0.1, -0.05) is 127 Å². The minimum absolute atomic E-state index is 0.691. The lowest BCUT2D eigenvalue weighted by Crippen LogP contribution is -1.89. The van der Waals surface area contributed by atoms with E-state index in [9.17, 15) is 0 Å². The molecule has 1 N–H and O–H groups in total. The monoisotopic (exact) mass is 554 g/mol. The van der Waals surface area contributed by atoms with Crippen molar-refractivity contribution in [1.29, 1.82) is 5.53 Å². The topological polar surface area (TPSA) is 36.2 Å². The number of benzene rings is 7. The molecule has 0 saturated heterocycles. The van der Waals surface area contributed by atoms with E-state index < -0.39 is 0 Å².